The molecule has 0 rings (SSSR count). The highest BCUT2D eigenvalue weighted by Gasteiger charge is 2.14. The summed E-state index contributed by atoms with van der Waals surface area (Å²) in [7, 11) is 0. The molecule has 0 saturated heterocycles. The summed E-state index contributed by atoms with van der Waals surface area (Å²) in [6, 6.07) is 0. The summed E-state index contributed by atoms with van der Waals surface area (Å²) in [5.74, 6) is -0.117. The molecule has 0 saturated carbocycles. The maximum absolute atomic E-state index is 10.3. The van der Waals surface area contributed by atoms with E-state index in [-0.39, 0.29) is 12.2 Å². The highest BCUT2D eigenvalue weighted by Crippen LogP contribution is 2.10. The molecular weight excluding hydrogens is 215 g/mol. The van der Waals surface area contributed by atoms with Crippen molar-refractivity contribution in [3.05, 3.63) is 0 Å². The van der Waals surface area contributed by atoms with Crippen LogP contribution in [0.15, 0.2) is 0 Å². The van der Waals surface area contributed by atoms with Crippen molar-refractivity contribution in [1.29, 1.82) is 0 Å². The Morgan fingerprint density at radius 2 is 1.85 bits per heavy atom. The second-order valence-corrected chi connectivity index (χ2v) is 3.70. The van der Waals surface area contributed by atoms with Crippen LogP contribution in [0.5, 0.6) is 0 Å². The summed E-state index contributed by atoms with van der Waals surface area (Å²) in [6.45, 7) is 3.62. The Bertz CT molecular complexity index is 127. The van der Waals surface area contributed by atoms with Gasteiger partial charge in [0.05, 0.1) is 6.10 Å². The third-order valence-electron chi connectivity index (χ3n) is 1.01. The smallest absolute Gasteiger partial charge is 0.134 e. The lowest BCUT2D eigenvalue weighted by molar-refractivity contribution is -0.118. The Morgan fingerprint density at radius 1 is 1.46 bits per heavy atom. The predicted molar refractivity (Wildman–Crippen MR) is 54.2 cm³/mol. The van der Waals surface area contributed by atoms with Crippen molar-refractivity contribution in [3.8, 4) is 0 Å². The quantitative estimate of drug-likeness (QED) is 0.721. The van der Waals surface area contributed by atoms with Gasteiger partial charge in [0.25, 0.3) is 0 Å². The van der Waals surface area contributed by atoms with Crippen LogP contribution >= 0.6 is 23.2 Å². The molecule has 0 aromatic carbocycles. The highest BCUT2D eigenvalue weighted by molar-refractivity contribution is 6.44. The predicted octanol–water partition coefficient (Wildman–Crippen LogP) is 1.52. The Hall–Kier alpha value is 0.170. The first-order valence-electron chi connectivity index (χ1n) is 4.02. The van der Waals surface area contributed by atoms with Gasteiger partial charge in [-0.3, -0.25) is 4.79 Å². The maximum atomic E-state index is 10.3. The normalized spacial score (nSPS) is 11.9. The van der Waals surface area contributed by atoms with Gasteiger partial charge >= 0.3 is 0 Å². The van der Waals surface area contributed by atoms with E-state index in [9.17, 15) is 4.79 Å². The molecule has 1 unspecified atom stereocenters. The van der Waals surface area contributed by atoms with Crippen molar-refractivity contribution in [3.63, 3.8) is 0 Å². The van der Waals surface area contributed by atoms with Crippen molar-refractivity contribution in [2.24, 2.45) is 0 Å². The number of rotatable bonds is 4. The Morgan fingerprint density at radius 3 is 1.92 bits per heavy atom. The number of carbonyl (C=O) groups excluding carboxylic acids is 1. The fourth-order valence-electron chi connectivity index (χ4n) is 0.384. The summed E-state index contributed by atoms with van der Waals surface area (Å²) in [6.07, 6.45) is -0.0247. The Labute approximate surface area is 88.7 Å². The third kappa shape index (κ3) is 15.0. The SMILES string of the molecule is CC(=O)CC(O)C(Cl)Cl.CCCO. The van der Waals surface area contributed by atoms with Crippen LogP contribution in [0, 0.1) is 0 Å². The van der Waals surface area contributed by atoms with E-state index < -0.39 is 10.9 Å². The average molecular weight is 231 g/mol. The molecule has 0 heterocycles. The van der Waals surface area contributed by atoms with Crippen molar-refractivity contribution < 1.29 is 15.0 Å². The van der Waals surface area contributed by atoms with Crippen LogP contribution < -0.4 is 0 Å². The fraction of sp³-hybridized carbons (Fsp3) is 0.875. The molecule has 80 valence electrons. The minimum Gasteiger partial charge on any atom is -0.396 e. The summed E-state index contributed by atoms with van der Waals surface area (Å²) >= 11 is 10.5. The third-order valence-corrected chi connectivity index (χ3v) is 1.59. The minimum absolute atomic E-state index is 0.0255. The van der Waals surface area contributed by atoms with E-state index in [0.717, 1.165) is 6.42 Å². The zero-order chi connectivity index (χ0) is 10.9. The lowest BCUT2D eigenvalue weighted by atomic mass is 10.2. The van der Waals surface area contributed by atoms with E-state index in [1.165, 1.54) is 6.92 Å². The van der Waals surface area contributed by atoms with Gasteiger partial charge in [-0.15, -0.1) is 23.2 Å². The molecule has 0 amide bonds. The number of ketones is 1. The molecule has 0 bridgehead atoms. The van der Waals surface area contributed by atoms with Gasteiger partial charge in [-0.05, 0) is 13.3 Å². The number of hydrogen-bond donors (Lipinski definition) is 2. The van der Waals surface area contributed by atoms with Gasteiger partial charge in [0.1, 0.15) is 10.6 Å². The van der Waals surface area contributed by atoms with Crippen LogP contribution in [-0.2, 0) is 4.79 Å². The van der Waals surface area contributed by atoms with Crippen LogP contribution in [0.1, 0.15) is 26.7 Å². The molecule has 2 N–H and O–H groups in total. The van der Waals surface area contributed by atoms with E-state index in [1.54, 1.807) is 0 Å². The van der Waals surface area contributed by atoms with E-state index in [2.05, 4.69) is 0 Å². The topological polar surface area (TPSA) is 57.5 Å². The molecule has 0 spiro atoms. The minimum atomic E-state index is -0.925. The number of hydrogen-bond acceptors (Lipinski definition) is 3. The average Bonchev–Trinajstić information content (AvgIpc) is 2.03. The van der Waals surface area contributed by atoms with Gasteiger partial charge in [-0.25, -0.2) is 0 Å². The molecule has 0 aliphatic heterocycles. The number of alkyl halides is 2. The summed E-state index contributed by atoms with van der Waals surface area (Å²) < 4.78 is 0. The summed E-state index contributed by atoms with van der Waals surface area (Å²) in [5, 5.41) is 16.7. The molecular formula is C8H16Cl2O3. The van der Waals surface area contributed by atoms with E-state index in [1.807, 2.05) is 6.92 Å². The van der Waals surface area contributed by atoms with Crippen LogP contribution in [-0.4, -0.2) is 33.5 Å². The first-order valence-corrected chi connectivity index (χ1v) is 4.89. The maximum Gasteiger partial charge on any atom is 0.134 e. The van der Waals surface area contributed by atoms with E-state index in [0.29, 0.717) is 6.61 Å². The van der Waals surface area contributed by atoms with Crippen LogP contribution in [0.2, 0.25) is 0 Å². The van der Waals surface area contributed by atoms with Crippen LogP contribution in [0.25, 0.3) is 0 Å². The van der Waals surface area contributed by atoms with Gasteiger partial charge in [0.15, 0.2) is 0 Å². The van der Waals surface area contributed by atoms with Gasteiger partial charge in [0.2, 0.25) is 0 Å². The summed E-state index contributed by atoms with van der Waals surface area (Å²) in [4.78, 5) is 9.41. The number of carbonyl (C=O) groups is 1. The molecule has 0 aliphatic rings. The highest BCUT2D eigenvalue weighted by atomic mass is 35.5. The number of aliphatic hydroxyl groups is 2. The second kappa shape index (κ2) is 10.3. The van der Waals surface area contributed by atoms with Gasteiger partial charge in [0, 0.05) is 13.0 Å². The molecule has 3 nitrogen and oxygen atoms in total. The second-order valence-electron chi connectivity index (χ2n) is 2.53. The van der Waals surface area contributed by atoms with Crippen molar-refractivity contribution in [2.45, 2.75) is 37.6 Å². The van der Waals surface area contributed by atoms with Crippen molar-refractivity contribution in [1.82, 2.24) is 0 Å². The van der Waals surface area contributed by atoms with E-state index in [4.69, 9.17) is 33.4 Å². The monoisotopic (exact) mass is 230 g/mol. The standard InChI is InChI=1S/C5H8Cl2O2.C3H8O/c1-3(8)2-4(9)5(6)7;1-2-3-4/h4-5,9H,2H2,1H3;4H,2-3H2,1H3. The molecule has 0 aromatic rings. The van der Waals surface area contributed by atoms with Gasteiger partial charge in [-0.2, -0.15) is 0 Å². The molecule has 0 aromatic heterocycles. The first kappa shape index (κ1) is 15.6. The molecule has 13 heavy (non-hydrogen) atoms. The largest absolute Gasteiger partial charge is 0.396 e. The van der Waals surface area contributed by atoms with Crippen molar-refractivity contribution >= 4 is 29.0 Å². The van der Waals surface area contributed by atoms with Crippen LogP contribution in [0.4, 0.5) is 0 Å². The Kier molecular flexibility index (Phi) is 12.3. The number of aliphatic hydroxyl groups excluding tert-OH is 2. The zero-order valence-corrected chi connectivity index (χ0v) is 9.35. The van der Waals surface area contributed by atoms with Gasteiger partial charge < -0.3 is 10.2 Å². The molecule has 0 fully saturated rings. The zero-order valence-electron chi connectivity index (χ0n) is 7.83. The lowest BCUT2D eigenvalue weighted by Crippen LogP contribution is -2.18. The van der Waals surface area contributed by atoms with E-state index >= 15 is 0 Å². The van der Waals surface area contributed by atoms with Gasteiger partial charge in [-0.1, -0.05) is 6.92 Å². The van der Waals surface area contributed by atoms with Crippen LogP contribution in [0.3, 0.4) is 0 Å². The summed E-state index contributed by atoms with van der Waals surface area (Å²) in [5.41, 5.74) is 0. The molecule has 0 aliphatic carbocycles. The molecule has 0 radical (unpaired) electrons. The lowest BCUT2D eigenvalue weighted by Gasteiger charge is -2.06. The molecule has 1 atom stereocenters. The number of halogens is 2. The number of Topliss-reactive ketones (excluding diaryl/α,β-unsaturated/α-hetero) is 1. The van der Waals surface area contributed by atoms with Crippen molar-refractivity contribution in [2.75, 3.05) is 6.61 Å². The Balaban J connectivity index is 0. The first-order chi connectivity index (χ1) is 5.95. The fourth-order valence-corrected chi connectivity index (χ4v) is 0.562. The molecule has 5 heteroatoms.